The van der Waals surface area contributed by atoms with Gasteiger partial charge in [0.1, 0.15) is 5.03 Å². The number of para-hydroxylation sites is 1. The van der Waals surface area contributed by atoms with Gasteiger partial charge in [-0.3, -0.25) is 5.10 Å². The zero-order chi connectivity index (χ0) is 14.2. The molecule has 0 atom stereocenters. The normalized spacial score (nSPS) is 11.3. The van der Waals surface area contributed by atoms with Crippen LogP contribution in [0, 0.1) is 0 Å². The highest BCUT2D eigenvalue weighted by Gasteiger charge is 2.13. The molecule has 1 aromatic carbocycles. The number of benzene rings is 1. The van der Waals surface area contributed by atoms with Crippen LogP contribution in [0.1, 0.15) is 0 Å². The van der Waals surface area contributed by atoms with E-state index in [4.69, 9.17) is 0 Å². The topological polar surface area (TPSA) is 79.4 Å². The summed E-state index contributed by atoms with van der Waals surface area (Å²) in [4.78, 5) is 13.5. The third-order valence-electron chi connectivity index (χ3n) is 2.96. The SMILES string of the molecule is CNc1nc(Sc2nc3ccccc3s2)c2cn[nH]c2n1. The highest BCUT2D eigenvalue weighted by molar-refractivity contribution is 8.01. The maximum absolute atomic E-state index is 4.62. The first-order chi connectivity index (χ1) is 10.3. The molecule has 0 aliphatic rings. The van der Waals surface area contributed by atoms with E-state index in [1.807, 2.05) is 18.2 Å². The number of fused-ring (bicyclic) bond motifs is 2. The Labute approximate surface area is 128 Å². The monoisotopic (exact) mass is 314 g/mol. The van der Waals surface area contributed by atoms with Crippen molar-refractivity contribution >= 4 is 50.3 Å². The van der Waals surface area contributed by atoms with Gasteiger partial charge in [-0.1, -0.05) is 12.1 Å². The molecule has 0 aliphatic carbocycles. The minimum Gasteiger partial charge on any atom is -0.357 e. The number of anilines is 1. The van der Waals surface area contributed by atoms with Gasteiger partial charge in [0.25, 0.3) is 0 Å². The highest BCUT2D eigenvalue weighted by Crippen LogP contribution is 2.36. The van der Waals surface area contributed by atoms with Gasteiger partial charge in [0.05, 0.1) is 21.8 Å². The third-order valence-corrected chi connectivity index (χ3v) is 5.06. The molecule has 0 spiro atoms. The van der Waals surface area contributed by atoms with Gasteiger partial charge in [-0.05, 0) is 23.9 Å². The fourth-order valence-corrected chi connectivity index (χ4v) is 4.05. The molecule has 3 aromatic heterocycles. The molecule has 0 amide bonds. The van der Waals surface area contributed by atoms with Gasteiger partial charge in [-0.25, -0.2) is 9.97 Å². The zero-order valence-electron chi connectivity index (χ0n) is 11.0. The molecule has 0 unspecified atom stereocenters. The minimum atomic E-state index is 0.565. The van der Waals surface area contributed by atoms with Crippen LogP contribution in [0.3, 0.4) is 0 Å². The molecule has 0 fully saturated rings. The fraction of sp³-hybridized carbons (Fsp3) is 0.0769. The lowest BCUT2D eigenvalue weighted by Crippen LogP contribution is -1.97. The van der Waals surface area contributed by atoms with Crippen LogP contribution in [-0.4, -0.2) is 32.2 Å². The van der Waals surface area contributed by atoms with Crippen LogP contribution < -0.4 is 5.32 Å². The third kappa shape index (κ3) is 2.22. The van der Waals surface area contributed by atoms with Gasteiger partial charge in [0, 0.05) is 7.05 Å². The van der Waals surface area contributed by atoms with E-state index >= 15 is 0 Å². The Bertz CT molecular complexity index is 896. The average molecular weight is 314 g/mol. The van der Waals surface area contributed by atoms with Gasteiger partial charge >= 0.3 is 0 Å². The molecule has 6 nitrogen and oxygen atoms in total. The Balaban J connectivity index is 1.80. The van der Waals surface area contributed by atoms with Crippen LogP contribution in [0.25, 0.3) is 21.3 Å². The summed E-state index contributed by atoms with van der Waals surface area (Å²) in [5, 5.41) is 11.6. The van der Waals surface area contributed by atoms with Crippen LogP contribution in [-0.2, 0) is 0 Å². The summed E-state index contributed by atoms with van der Waals surface area (Å²) < 4.78 is 2.13. The number of nitrogens with zero attached hydrogens (tertiary/aromatic N) is 4. The summed E-state index contributed by atoms with van der Waals surface area (Å²) in [6.45, 7) is 0. The lowest BCUT2D eigenvalue weighted by atomic mass is 10.3. The summed E-state index contributed by atoms with van der Waals surface area (Å²) in [6.07, 6.45) is 1.74. The van der Waals surface area contributed by atoms with Crippen molar-refractivity contribution in [2.45, 2.75) is 9.37 Å². The standard InChI is InChI=1S/C13H10N6S2/c1-14-12-17-10-7(6-15-19-10)11(18-12)21-13-16-8-4-2-3-5-9(8)20-13/h2-6H,1H3,(H2,14,15,17,18,19). The van der Waals surface area contributed by atoms with Gasteiger partial charge in [0.15, 0.2) is 9.99 Å². The average Bonchev–Trinajstić information content (AvgIpc) is 3.12. The van der Waals surface area contributed by atoms with Crippen LogP contribution in [0.5, 0.6) is 0 Å². The van der Waals surface area contributed by atoms with Gasteiger partial charge in [0.2, 0.25) is 5.95 Å². The van der Waals surface area contributed by atoms with E-state index in [1.54, 1.807) is 24.6 Å². The number of rotatable bonds is 3. The van der Waals surface area contributed by atoms with Gasteiger partial charge in [-0.15, -0.1) is 11.3 Å². The number of thiazole rings is 1. The van der Waals surface area contributed by atoms with E-state index < -0.39 is 0 Å². The quantitative estimate of drug-likeness (QED) is 0.566. The first kappa shape index (κ1) is 12.5. The first-order valence-electron chi connectivity index (χ1n) is 6.26. The van der Waals surface area contributed by atoms with Crippen molar-refractivity contribution < 1.29 is 0 Å². The van der Waals surface area contributed by atoms with Crippen molar-refractivity contribution in [2.24, 2.45) is 0 Å². The predicted octanol–water partition coefficient (Wildman–Crippen LogP) is 3.16. The van der Waals surface area contributed by atoms with E-state index in [1.165, 1.54) is 16.5 Å². The zero-order valence-corrected chi connectivity index (χ0v) is 12.6. The fourth-order valence-electron chi connectivity index (χ4n) is 1.98. The highest BCUT2D eigenvalue weighted by atomic mass is 32.2. The van der Waals surface area contributed by atoms with E-state index in [2.05, 4.69) is 36.5 Å². The van der Waals surface area contributed by atoms with Crippen molar-refractivity contribution in [3.63, 3.8) is 0 Å². The molecule has 21 heavy (non-hydrogen) atoms. The molecular weight excluding hydrogens is 304 g/mol. The predicted molar refractivity (Wildman–Crippen MR) is 85.0 cm³/mol. The summed E-state index contributed by atoms with van der Waals surface area (Å²) in [5.41, 5.74) is 1.73. The number of nitrogens with one attached hydrogen (secondary N) is 2. The molecule has 8 heteroatoms. The summed E-state index contributed by atoms with van der Waals surface area (Å²) in [6, 6.07) is 8.10. The van der Waals surface area contributed by atoms with Crippen molar-refractivity contribution in [1.82, 2.24) is 25.1 Å². The van der Waals surface area contributed by atoms with Gasteiger partial charge < -0.3 is 5.32 Å². The van der Waals surface area contributed by atoms with Crippen LogP contribution >= 0.6 is 23.1 Å². The van der Waals surface area contributed by atoms with E-state index in [9.17, 15) is 0 Å². The van der Waals surface area contributed by atoms with Crippen LogP contribution in [0.15, 0.2) is 39.8 Å². The van der Waals surface area contributed by atoms with E-state index in [-0.39, 0.29) is 0 Å². The number of aromatic amines is 1. The number of H-pyrrole nitrogens is 1. The van der Waals surface area contributed by atoms with Crippen molar-refractivity contribution in [3.05, 3.63) is 30.5 Å². The van der Waals surface area contributed by atoms with Crippen molar-refractivity contribution in [1.29, 1.82) is 0 Å². The molecule has 4 aromatic rings. The smallest absolute Gasteiger partial charge is 0.225 e. The summed E-state index contributed by atoms with van der Waals surface area (Å²) in [7, 11) is 1.80. The van der Waals surface area contributed by atoms with Crippen molar-refractivity contribution in [3.8, 4) is 0 Å². The maximum Gasteiger partial charge on any atom is 0.225 e. The molecule has 0 saturated carbocycles. The summed E-state index contributed by atoms with van der Waals surface area (Å²) in [5.74, 6) is 0.565. The van der Waals surface area contributed by atoms with Crippen LogP contribution in [0.4, 0.5) is 5.95 Å². The lowest BCUT2D eigenvalue weighted by molar-refractivity contribution is 1.06. The largest absolute Gasteiger partial charge is 0.357 e. The molecular formula is C13H10N6S2. The Morgan fingerprint density at radius 3 is 2.95 bits per heavy atom. The molecule has 0 bridgehead atoms. The molecule has 0 saturated heterocycles. The second-order valence-electron chi connectivity index (χ2n) is 4.28. The minimum absolute atomic E-state index is 0.565. The second kappa shape index (κ2) is 4.97. The second-order valence-corrected chi connectivity index (χ2v) is 6.55. The first-order valence-corrected chi connectivity index (χ1v) is 7.89. The number of hydrogen-bond acceptors (Lipinski definition) is 7. The van der Waals surface area contributed by atoms with Crippen molar-refractivity contribution in [2.75, 3.05) is 12.4 Å². The van der Waals surface area contributed by atoms with Gasteiger partial charge in [-0.2, -0.15) is 10.1 Å². The Morgan fingerprint density at radius 2 is 2.10 bits per heavy atom. The lowest BCUT2D eigenvalue weighted by Gasteiger charge is -2.02. The van der Waals surface area contributed by atoms with E-state index in [0.29, 0.717) is 5.95 Å². The number of aromatic nitrogens is 5. The Kier molecular flexibility index (Phi) is 2.97. The van der Waals surface area contributed by atoms with E-state index in [0.717, 1.165) is 25.9 Å². The molecule has 0 radical (unpaired) electrons. The molecule has 4 rings (SSSR count). The Morgan fingerprint density at radius 1 is 1.19 bits per heavy atom. The molecule has 3 heterocycles. The maximum atomic E-state index is 4.62. The molecule has 0 aliphatic heterocycles. The van der Waals surface area contributed by atoms with Crippen LogP contribution in [0.2, 0.25) is 0 Å². The summed E-state index contributed by atoms with van der Waals surface area (Å²) >= 11 is 3.19. The Hall–Kier alpha value is -2.19. The molecule has 104 valence electrons. The molecule has 2 N–H and O–H groups in total. The number of hydrogen-bond donors (Lipinski definition) is 2.